The number of aromatic nitrogens is 2. The summed E-state index contributed by atoms with van der Waals surface area (Å²) in [4.78, 5) is -0.152. The van der Waals surface area contributed by atoms with E-state index < -0.39 is 28.2 Å². The minimum Gasteiger partial charge on any atom is -0.268 e. The summed E-state index contributed by atoms with van der Waals surface area (Å²) in [6.45, 7) is 2.90. The van der Waals surface area contributed by atoms with Crippen LogP contribution in [0.4, 0.5) is 13.2 Å². The van der Waals surface area contributed by atoms with Gasteiger partial charge in [-0.2, -0.15) is 18.3 Å². The predicted molar refractivity (Wildman–Crippen MR) is 64.7 cm³/mol. The Bertz CT molecular complexity index is 552. The van der Waals surface area contributed by atoms with Crippen LogP contribution in [-0.4, -0.2) is 24.4 Å². The van der Waals surface area contributed by atoms with Gasteiger partial charge in [-0.15, -0.1) is 0 Å². The summed E-state index contributed by atoms with van der Waals surface area (Å²) < 4.78 is 60.7. The van der Waals surface area contributed by atoms with Crippen molar-refractivity contribution in [2.24, 2.45) is 0 Å². The topological polar surface area (TPSA) is 52.0 Å². The van der Waals surface area contributed by atoms with Gasteiger partial charge in [0.1, 0.15) is 4.90 Å². The Morgan fingerprint density at radius 3 is 2.21 bits per heavy atom. The molecular weight excluding hydrogens is 305 g/mol. The molecule has 1 aromatic rings. The van der Waals surface area contributed by atoms with E-state index in [0.717, 1.165) is 4.68 Å². The third kappa shape index (κ3) is 4.10. The zero-order chi connectivity index (χ0) is 14.8. The van der Waals surface area contributed by atoms with E-state index in [2.05, 4.69) is 5.10 Å². The molecule has 0 fully saturated rings. The molecule has 9 heteroatoms. The number of nitrogens with zero attached hydrogens (tertiary/aromatic N) is 2. The van der Waals surface area contributed by atoms with Crippen LogP contribution in [0.5, 0.6) is 0 Å². The molecule has 0 N–H and O–H groups in total. The molecule has 0 bridgehead atoms. The lowest BCUT2D eigenvalue weighted by atomic mass is 10.2. The molecule has 0 saturated carbocycles. The molecule has 110 valence electrons. The van der Waals surface area contributed by atoms with Crippen molar-refractivity contribution in [3.8, 4) is 0 Å². The van der Waals surface area contributed by atoms with Gasteiger partial charge in [0.05, 0.1) is 17.8 Å². The first-order chi connectivity index (χ1) is 8.60. The molecule has 0 aliphatic carbocycles. The first-order valence-corrected chi connectivity index (χ1v) is 8.01. The summed E-state index contributed by atoms with van der Waals surface area (Å²) in [7, 11) is 1.31. The molecular formula is C10H14ClF3N2O2S. The van der Waals surface area contributed by atoms with Crippen LogP contribution in [0.2, 0.25) is 0 Å². The number of hydrogen-bond donors (Lipinski definition) is 0. The molecule has 0 saturated heterocycles. The van der Waals surface area contributed by atoms with Gasteiger partial charge in [-0.1, -0.05) is 13.8 Å². The fourth-order valence-corrected chi connectivity index (χ4v) is 3.34. The summed E-state index contributed by atoms with van der Waals surface area (Å²) >= 11 is 0. The molecule has 0 aromatic carbocycles. The quantitative estimate of drug-likeness (QED) is 0.784. The van der Waals surface area contributed by atoms with Crippen molar-refractivity contribution in [2.75, 3.05) is 0 Å². The lowest BCUT2D eigenvalue weighted by Gasteiger charge is -2.09. The number of alkyl halides is 3. The van der Waals surface area contributed by atoms with E-state index in [9.17, 15) is 21.6 Å². The standard InChI is InChI=1S/C10H14ClF3N2O2S/c1-3-7-9(19(11,17)18)8(4-2)16(15-7)6-5-10(12,13)14/h3-6H2,1-2H3. The van der Waals surface area contributed by atoms with Crippen LogP contribution in [-0.2, 0) is 28.4 Å². The van der Waals surface area contributed by atoms with Crippen LogP contribution in [0.15, 0.2) is 4.90 Å². The van der Waals surface area contributed by atoms with Gasteiger partial charge in [0.25, 0.3) is 9.05 Å². The second-order valence-corrected chi connectivity index (χ2v) is 6.46. The monoisotopic (exact) mass is 318 g/mol. The predicted octanol–water partition coefficient (Wildman–Crippen LogP) is 2.89. The summed E-state index contributed by atoms with van der Waals surface area (Å²) in [5, 5.41) is 3.92. The Balaban J connectivity index is 3.24. The number of halogens is 4. The fraction of sp³-hybridized carbons (Fsp3) is 0.700. The van der Waals surface area contributed by atoms with Crippen molar-refractivity contribution in [3.63, 3.8) is 0 Å². The maximum atomic E-state index is 12.2. The van der Waals surface area contributed by atoms with Gasteiger partial charge in [-0.05, 0) is 12.8 Å². The van der Waals surface area contributed by atoms with Crippen molar-refractivity contribution in [3.05, 3.63) is 11.4 Å². The third-order valence-electron chi connectivity index (χ3n) is 2.60. The Labute approximate surface area is 114 Å². The van der Waals surface area contributed by atoms with Gasteiger partial charge in [-0.25, -0.2) is 8.42 Å². The second kappa shape index (κ2) is 5.70. The molecule has 0 atom stereocenters. The van der Waals surface area contributed by atoms with Gasteiger partial charge in [-0.3, -0.25) is 4.68 Å². The molecule has 0 spiro atoms. The van der Waals surface area contributed by atoms with Gasteiger partial charge < -0.3 is 0 Å². The molecule has 1 heterocycles. The Kier molecular flexibility index (Phi) is 4.89. The van der Waals surface area contributed by atoms with Crippen LogP contribution in [0.3, 0.4) is 0 Å². The van der Waals surface area contributed by atoms with Crippen LogP contribution in [0.25, 0.3) is 0 Å². The van der Waals surface area contributed by atoms with Crippen molar-refractivity contribution in [2.45, 2.75) is 50.7 Å². The highest BCUT2D eigenvalue weighted by molar-refractivity contribution is 8.13. The summed E-state index contributed by atoms with van der Waals surface area (Å²) in [5.41, 5.74) is 0.421. The zero-order valence-electron chi connectivity index (χ0n) is 10.5. The number of rotatable bonds is 5. The van der Waals surface area contributed by atoms with E-state index in [1.165, 1.54) is 0 Å². The van der Waals surface area contributed by atoms with Crippen molar-refractivity contribution in [1.29, 1.82) is 0 Å². The van der Waals surface area contributed by atoms with Crippen molar-refractivity contribution >= 4 is 19.7 Å². The molecule has 1 aromatic heterocycles. The third-order valence-corrected chi connectivity index (χ3v) is 4.02. The van der Waals surface area contributed by atoms with Crippen LogP contribution >= 0.6 is 10.7 Å². The molecule has 0 unspecified atom stereocenters. The molecule has 19 heavy (non-hydrogen) atoms. The summed E-state index contributed by atoms with van der Waals surface area (Å²) in [5.74, 6) is 0. The molecule has 0 amide bonds. The average Bonchev–Trinajstić information content (AvgIpc) is 2.62. The molecule has 0 radical (unpaired) electrons. The van der Waals surface area contributed by atoms with E-state index in [1.54, 1.807) is 13.8 Å². The lowest BCUT2D eigenvalue weighted by molar-refractivity contribution is -0.137. The SMILES string of the molecule is CCc1nn(CCC(F)(F)F)c(CC)c1S(=O)(=O)Cl. The minimum absolute atomic E-state index is 0.152. The van der Waals surface area contributed by atoms with E-state index in [4.69, 9.17) is 10.7 Å². The molecule has 0 aliphatic heterocycles. The zero-order valence-corrected chi connectivity index (χ0v) is 12.0. The van der Waals surface area contributed by atoms with E-state index in [1.807, 2.05) is 0 Å². The van der Waals surface area contributed by atoms with Gasteiger partial charge in [0, 0.05) is 17.2 Å². The van der Waals surface area contributed by atoms with Crippen molar-refractivity contribution in [1.82, 2.24) is 9.78 Å². The Hall–Kier alpha value is -0.760. The first-order valence-electron chi connectivity index (χ1n) is 5.70. The highest BCUT2D eigenvalue weighted by atomic mass is 35.7. The van der Waals surface area contributed by atoms with E-state index >= 15 is 0 Å². The largest absolute Gasteiger partial charge is 0.390 e. The Morgan fingerprint density at radius 1 is 1.26 bits per heavy atom. The van der Waals surface area contributed by atoms with Crippen molar-refractivity contribution < 1.29 is 21.6 Å². The van der Waals surface area contributed by atoms with E-state index in [-0.39, 0.29) is 29.1 Å². The molecule has 0 aliphatic rings. The molecule has 4 nitrogen and oxygen atoms in total. The first kappa shape index (κ1) is 16.3. The highest BCUT2D eigenvalue weighted by Crippen LogP contribution is 2.27. The summed E-state index contributed by atoms with van der Waals surface area (Å²) in [6.07, 6.45) is -4.85. The summed E-state index contributed by atoms with van der Waals surface area (Å²) in [6, 6.07) is 0. The van der Waals surface area contributed by atoms with Gasteiger partial charge in [0.15, 0.2) is 0 Å². The van der Waals surface area contributed by atoms with E-state index in [0.29, 0.717) is 0 Å². The Morgan fingerprint density at radius 2 is 1.84 bits per heavy atom. The van der Waals surface area contributed by atoms with Gasteiger partial charge >= 0.3 is 6.18 Å². The number of aryl methyl sites for hydroxylation is 2. The smallest absolute Gasteiger partial charge is 0.268 e. The average molecular weight is 319 g/mol. The highest BCUT2D eigenvalue weighted by Gasteiger charge is 2.30. The molecule has 1 rings (SSSR count). The van der Waals surface area contributed by atoms with Gasteiger partial charge in [0.2, 0.25) is 0 Å². The van der Waals surface area contributed by atoms with Crippen LogP contribution in [0.1, 0.15) is 31.7 Å². The maximum absolute atomic E-state index is 12.2. The second-order valence-electron chi connectivity index (χ2n) is 3.96. The van der Waals surface area contributed by atoms with Crippen LogP contribution in [0, 0.1) is 0 Å². The lowest BCUT2D eigenvalue weighted by Crippen LogP contribution is -2.15. The fourth-order valence-electron chi connectivity index (χ4n) is 1.81. The minimum atomic E-state index is -4.32. The maximum Gasteiger partial charge on any atom is 0.390 e. The van der Waals surface area contributed by atoms with Crippen LogP contribution < -0.4 is 0 Å². The normalized spacial score (nSPS) is 12.9. The number of hydrogen-bond acceptors (Lipinski definition) is 3.